The minimum atomic E-state index is -0.491. The second kappa shape index (κ2) is 7.05. The van der Waals surface area contributed by atoms with E-state index < -0.39 is 5.69 Å². The molecule has 4 rings (SSSR count). The number of nitrogens with zero attached hydrogens (tertiary/aromatic N) is 3. The van der Waals surface area contributed by atoms with Crippen molar-refractivity contribution in [2.75, 3.05) is 5.32 Å². The number of benzene rings is 2. The molecule has 8 heteroatoms. The van der Waals surface area contributed by atoms with Crippen LogP contribution in [0.1, 0.15) is 11.9 Å². The van der Waals surface area contributed by atoms with Crippen LogP contribution in [0.5, 0.6) is 0 Å². The molecule has 0 saturated carbocycles. The Kier molecular flexibility index (Phi) is 4.56. The summed E-state index contributed by atoms with van der Waals surface area (Å²) in [6.45, 7) is 3.72. The van der Waals surface area contributed by atoms with Crippen LogP contribution < -0.4 is 16.6 Å². The van der Waals surface area contributed by atoms with Crippen molar-refractivity contribution in [2.45, 2.75) is 26.9 Å². The van der Waals surface area contributed by atoms with E-state index in [1.807, 2.05) is 19.1 Å². The molecule has 142 valence electrons. The first kappa shape index (κ1) is 18.1. The summed E-state index contributed by atoms with van der Waals surface area (Å²) in [7, 11) is 0. The van der Waals surface area contributed by atoms with Crippen LogP contribution in [0.4, 0.5) is 5.69 Å². The van der Waals surface area contributed by atoms with Crippen LogP contribution in [0.2, 0.25) is 0 Å². The van der Waals surface area contributed by atoms with Gasteiger partial charge in [-0.2, -0.15) is 0 Å². The molecule has 1 amide bonds. The molecular weight excluding hydrogens is 376 g/mol. The Hall–Kier alpha value is -3.26. The number of carbonyl (C=O) groups is 1. The zero-order valence-corrected chi connectivity index (χ0v) is 16.2. The lowest BCUT2D eigenvalue weighted by molar-refractivity contribution is -0.116. The molecule has 28 heavy (non-hydrogen) atoms. The monoisotopic (exact) mass is 394 g/mol. The third-order valence-electron chi connectivity index (χ3n) is 4.53. The van der Waals surface area contributed by atoms with E-state index in [2.05, 4.69) is 10.3 Å². The van der Waals surface area contributed by atoms with Gasteiger partial charge in [0.1, 0.15) is 6.54 Å². The molecule has 0 fully saturated rings. The molecule has 4 aromatic rings. The minimum absolute atomic E-state index is 0.181. The number of thiazole rings is 1. The van der Waals surface area contributed by atoms with E-state index in [4.69, 9.17) is 0 Å². The Balaban J connectivity index is 1.69. The molecule has 0 saturated heterocycles. The SMILES string of the molecule is CCn1c(=O)c2ccccc2n(CC(=O)Nc2ccc3nc(C)sc3c2)c1=O. The molecule has 0 unspecified atom stereocenters. The van der Waals surface area contributed by atoms with Crippen molar-refractivity contribution >= 4 is 44.1 Å². The minimum Gasteiger partial charge on any atom is -0.324 e. The Bertz CT molecular complexity index is 1330. The maximum atomic E-state index is 12.7. The molecule has 0 aliphatic rings. The third-order valence-corrected chi connectivity index (χ3v) is 5.46. The number of hydrogen-bond donors (Lipinski definition) is 1. The maximum Gasteiger partial charge on any atom is 0.331 e. The van der Waals surface area contributed by atoms with Gasteiger partial charge in [0, 0.05) is 12.2 Å². The number of carbonyl (C=O) groups excluding carboxylic acids is 1. The van der Waals surface area contributed by atoms with Crippen molar-refractivity contribution < 1.29 is 4.79 Å². The number of nitrogens with one attached hydrogen (secondary N) is 1. The summed E-state index contributed by atoms with van der Waals surface area (Å²) >= 11 is 1.55. The standard InChI is InChI=1S/C20H18N4O3S/c1-3-23-19(26)14-6-4-5-7-16(14)24(20(23)27)11-18(25)22-13-8-9-15-17(10-13)28-12(2)21-15/h4-10H,3,11H2,1-2H3,(H,22,25). The molecular formula is C20H18N4O3S. The van der Waals surface area contributed by atoms with Gasteiger partial charge < -0.3 is 5.32 Å². The summed E-state index contributed by atoms with van der Waals surface area (Å²) in [5.41, 5.74) is 1.14. The largest absolute Gasteiger partial charge is 0.331 e. The van der Waals surface area contributed by atoms with E-state index in [0.717, 1.165) is 19.8 Å². The van der Waals surface area contributed by atoms with Crippen molar-refractivity contribution in [1.82, 2.24) is 14.1 Å². The van der Waals surface area contributed by atoms with E-state index in [9.17, 15) is 14.4 Å². The highest BCUT2D eigenvalue weighted by atomic mass is 32.1. The predicted molar refractivity (Wildman–Crippen MR) is 111 cm³/mol. The van der Waals surface area contributed by atoms with E-state index >= 15 is 0 Å². The molecule has 2 aromatic heterocycles. The highest BCUT2D eigenvalue weighted by Gasteiger charge is 2.14. The fourth-order valence-electron chi connectivity index (χ4n) is 3.26. The van der Waals surface area contributed by atoms with Crippen LogP contribution in [0, 0.1) is 6.92 Å². The highest BCUT2D eigenvalue weighted by molar-refractivity contribution is 7.18. The van der Waals surface area contributed by atoms with Gasteiger partial charge in [0.05, 0.1) is 26.1 Å². The first-order chi connectivity index (χ1) is 13.5. The Morgan fingerprint density at radius 1 is 1.14 bits per heavy atom. The van der Waals surface area contributed by atoms with Gasteiger partial charge in [-0.05, 0) is 44.2 Å². The number of anilines is 1. The first-order valence-electron chi connectivity index (χ1n) is 8.87. The van der Waals surface area contributed by atoms with Gasteiger partial charge in [0.2, 0.25) is 5.91 Å². The lowest BCUT2D eigenvalue weighted by Crippen LogP contribution is -2.41. The highest BCUT2D eigenvalue weighted by Crippen LogP contribution is 2.24. The van der Waals surface area contributed by atoms with Gasteiger partial charge in [-0.15, -0.1) is 11.3 Å². The molecule has 7 nitrogen and oxygen atoms in total. The van der Waals surface area contributed by atoms with Crippen LogP contribution in [-0.4, -0.2) is 20.0 Å². The van der Waals surface area contributed by atoms with Crippen LogP contribution in [0.3, 0.4) is 0 Å². The van der Waals surface area contributed by atoms with Crippen LogP contribution in [0.15, 0.2) is 52.1 Å². The fourth-order valence-corrected chi connectivity index (χ4v) is 4.13. The molecule has 2 heterocycles. The number of rotatable bonds is 4. The number of fused-ring (bicyclic) bond motifs is 2. The summed E-state index contributed by atoms with van der Waals surface area (Å²) in [6.07, 6.45) is 0. The first-order valence-corrected chi connectivity index (χ1v) is 9.69. The van der Waals surface area contributed by atoms with Gasteiger partial charge in [-0.3, -0.25) is 18.7 Å². The summed E-state index contributed by atoms with van der Waals surface area (Å²) in [5.74, 6) is -0.339. The van der Waals surface area contributed by atoms with Gasteiger partial charge in [-0.25, -0.2) is 9.78 Å². The summed E-state index contributed by atoms with van der Waals surface area (Å²) in [5, 5.41) is 4.20. The predicted octanol–water partition coefficient (Wildman–Crippen LogP) is 2.74. The van der Waals surface area contributed by atoms with Crippen LogP contribution in [0.25, 0.3) is 21.1 Å². The topological polar surface area (TPSA) is 86.0 Å². The lowest BCUT2D eigenvalue weighted by atomic mass is 10.2. The normalized spacial score (nSPS) is 11.2. The smallest absolute Gasteiger partial charge is 0.324 e. The number of para-hydroxylation sites is 1. The maximum absolute atomic E-state index is 12.7. The Morgan fingerprint density at radius 2 is 1.93 bits per heavy atom. The number of aromatic nitrogens is 3. The lowest BCUT2D eigenvalue weighted by Gasteiger charge is -2.13. The Morgan fingerprint density at radius 3 is 2.71 bits per heavy atom. The van der Waals surface area contributed by atoms with Crippen molar-refractivity contribution in [3.05, 3.63) is 68.3 Å². The van der Waals surface area contributed by atoms with Gasteiger partial charge >= 0.3 is 5.69 Å². The molecule has 2 aromatic carbocycles. The summed E-state index contributed by atoms with van der Waals surface area (Å²) in [4.78, 5) is 42.3. The van der Waals surface area contributed by atoms with Crippen LogP contribution in [-0.2, 0) is 17.9 Å². The number of amides is 1. The van der Waals surface area contributed by atoms with Crippen molar-refractivity contribution in [2.24, 2.45) is 0 Å². The molecule has 0 aliphatic heterocycles. The second-order valence-electron chi connectivity index (χ2n) is 6.40. The van der Waals surface area contributed by atoms with E-state index in [-0.39, 0.29) is 24.6 Å². The van der Waals surface area contributed by atoms with Gasteiger partial charge in [0.25, 0.3) is 5.56 Å². The molecule has 0 radical (unpaired) electrons. The summed E-state index contributed by atoms with van der Waals surface area (Å²) in [6, 6.07) is 12.3. The molecule has 0 bridgehead atoms. The fraction of sp³-hybridized carbons (Fsp3) is 0.200. The van der Waals surface area contributed by atoms with E-state index in [1.165, 1.54) is 4.57 Å². The van der Waals surface area contributed by atoms with Crippen molar-refractivity contribution in [3.8, 4) is 0 Å². The van der Waals surface area contributed by atoms with Gasteiger partial charge in [-0.1, -0.05) is 12.1 Å². The van der Waals surface area contributed by atoms with Crippen molar-refractivity contribution in [3.63, 3.8) is 0 Å². The zero-order valence-electron chi connectivity index (χ0n) is 15.4. The second-order valence-corrected chi connectivity index (χ2v) is 7.63. The number of aryl methyl sites for hydroxylation is 1. The average Bonchev–Trinajstić information content (AvgIpc) is 3.05. The quantitative estimate of drug-likeness (QED) is 0.577. The Labute approximate surface area is 163 Å². The zero-order chi connectivity index (χ0) is 19.8. The van der Waals surface area contributed by atoms with Crippen LogP contribution >= 0.6 is 11.3 Å². The molecule has 1 N–H and O–H groups in total. The van der Waals surface area contributed by atoms with Crippen molar-refractivity contribution in [1.29, 1.82) is 0 Å². The summed E-state index contributed by atoms with van der Waals surface area (Å²) < 4.78 is 3.46. The van der Waals surface area contributed by atoms with E-state index in [0.29, 0.717) is 16.6 Å². The van der Waals surface area contributed by atoms with Gasteiger partial charge in [0.15, 0.2) is 0 Å². The number of hydrogen-bond acceptors (Lipinski definition) is 5. The molecule has 0 atom stereocenters. The van der Waals surface area contributed by atoms with E-state index in [1.54, 1.807) is 48.6 Å². The molecule has 0 aliphatic carbocycles. The average molecular weight is 394 g/mol. The third kappa shape index (κ3) is 3.11. The molecule has 0 spiro atoms.